The lowest BCUT2D eigenvalue weighted by atomic mass is 9.86. The zero-order chi connectivity index (χ0) is 12.3. The van der Waals surface area contributed by atoms with Crippen molar-refractivity contribution in [1.29, 1.82) is 0 Å². The van der Waals surface area contributed by atoms with E-state index in [1.54, 1.807) is 6.07 Å². The van der Waals surface area contributed by atoms with Gasteiger partial charge in [0.2, 0.25) is 0 Å². The van der Waals surface area contributed by atoms with Gasteiger partial charge >= 0.3 is 0 Å². The molecule has 1 N–H and O–H groups in total. The summed E-state index contributed by atoms with van der Waals surface area (Å²) in [6, 6.07) is 5.37. The Morgan fingerprint density at radius 3 is 2.82 bits per heavy atom. The van der Waals surface area contributed by atoms with Gasteiger partial charge in [-0.1, -0.05) is 19.1 Å². The van der Waals surface area contributed by atoms with E-state index in [-0.39, 0.29) is 12.4 Å². The first kappa shape index (κ1) is 12.3. The molecular weight excluding hydrogens is 215 g/mol. The van der Waals surface area contributed by atoms with Gasteiger partial charge in [0.25, 0.3) is 0 Å². The molecule has 1 nitrogen and oxygen atoms in total. The summed E-state index contributed by atoms with van der Waals surface area (Å²) in [7, 11) is 0. The summed E-state index contributed by atoms with van der Waals surface area (Å²) in [5.41, 5.74) is 3.02. The summed E-state index contributed by atoms with van der Waals surface area (Å²) >= 11 is 0. The molecule has 0 aromatic heterocycles. The number of aryl methyl sites for hydroxylation is 1. The predicted octanol–water partition coefficient (Wildman–Crippen LogP) is 3.56. The van der Waals surface area contributed by atoms with E-state index in [1.165, 1.54) is 5.56 Å². The fourth-order valence-electron chi connectivity index (χ4n) is 2.34. The molecule has 17 heavy (non-hydrogen) atoms. The Bertz CT molecular complexity index is 423. The van der Waals surface area contributed by atoms with Gasteiger partial charge < -0.3 is 5.11 Å². The second kappa shape index (κ2) is 5.46. The normalized spacial score (nSPS) is 20.2. The fraction of sp³-hybridized carbons (Fsp3) is 0.467. The number of aliphatic hydroxyl groups excluding tert-OH is 1. The lowest BCUT2D eigenvalue weighted by Gasteiger charge is -2.20. The number of halogens is 1. The molecule has 0 radical (unpaired) electrons. The van der Waals surface area contributed by atoms with E-state index in [2.05, 4.69) is 13.0 Å². The van der Waals surface area contributed by atoms with Crippen molar-refractivity contribution in [2.45, 2.75) is 32.6 Å². The van der Waals surface area contributed by atoms with Crippen molar-refractivity contribution >= 4 is 5.57 Å². The van der Waals surface area contributed by atoms with Gasteiger partial charge in [-0.2, -0.15) is 0 Å². The summed E-state index contributed by atoms with van der Waals surface area (Å²) in [5.74, 6) is 0.229. The Balaban J connectivity index is 2.25. The van der Waals surface area contributed by atoms with Gasteiger partial charge in [0.15, 0.2) is 0 Å². The van der Waals surface area contributed by atoms with Gasteiger partial charge in [0, 0.05) is 12.2 Å². The standard InChI is InChI=1S/C15H19FO/c1-2-11-5-8-15(16)14(9-11)13-6-3-12(10-17)4-7-13/h5-6,8-9,12,17H,2-4,7,10H2,1H3. The van der Waals surface area contributed by atoms with Gasteiger partial charge in [-0.25, -0.2) is 4.39 Å². The molecule has 0 fully saturated rings. The first-order chi connectivity index (χ1) is 8.24. The van der Waals surface area contributed by atoms with Crippen molar-refractivity contribution in [2.24, 2.45) is 5.92 Å². The first-order valence-corrected chi connectivity index (χ1v) is 6.33. The average molecular weight is 234 g/mol. The van der Waals surface area contributed by atoms with Crippen molar-refractivity contribution in [3.63, 3.8) is 0 Å². The molecule has 1 aromatic carbocycles. The van der Waals surface area contributed by atoms with Gasteiger partial charge in [-0.3, -0.25) is 0 Å². The molecule has 1 aromatic rings. The monoisotopic (exact) mass is 234 g/mol. The summed E-state index contributed by atoms with van der Waals surface area (Å²) < 4.78 is 13.8. The van der Waals surface area contributed by atoms with Crippen LogP contribution >= 0.6 is 0 Å². The lowest BCUT2D eigenvalue weighted by Crippen LogP contribution is -2.10. The zero-order valence-corrected chi connectivity index (χ0v) is 10.2. The van der Waals surface area contributed by atoms with Crippen molar-refractivity contribution in [2.75, 3.05) is 6.61 Å². The lowest BCUT2D eigenvalue weighted by molar-refractivity contribution is 0.218. The SMILES string of the molecule is CCc1ccc(F)c(C2=CCC(CO)CC2)c1. The van der Waals surface area contributed by atoms with E-state index in [0.717, 1.165) is 36.8 Å². The molecule has 92 valence electrons. The van der Waals surface area contributed by atoms with Crippen molar-refractivity contribution in [3.05, 3.63) is 41.2 Å². The molecule has 0 saturated heterocycles. The molecule has 0 aliphatic heterocycles. The first-order valence-electron chi connectivity index (χ1n) is 6.33. The summed E-state index contributed by atoms with van der Waals surface area (Å²) in [5, 5.41) is 9.08. The van der Waals surface area contributed by atoms with Crippen LogP contribution in [0.4, 0.5) is 4.39 Å². The number of allylic oxidation sites excluding steroid dienone is 2. The topological polar surface area (TPSA) is 20.2 Å². The van der Waals surface area contributed by atoms with Crippen LogP contribution in [0, 0.1) is 11.7 Å². The van der Waals surface area contributed by atoms with Crippen molar-refractivity contribution in [1.82, 2.24) is 0 Å². The van der Waals surface area contributed by atoms with Crippen LogP contribution in [0.3, 0.4) is 0 Å². The van der Waals surface area contributed by atoms with Crippen molar-refractivity contribution in [3.8, 4) is 0 Å². The van der Waals surface area contributed by atoms with E-state index < -0.39 is 0 Å². The van der Waals surface area contributed by atoms with E-state index in [0.29, 0.717) is 5.92 Å². The van der Waals surface area contributed by atoms with Crippen LogP contribution in [0.15, 0.2) is 24.3 Å². The second-order valence-electron chi connectivity index (χ2n) is 4.72. The maximum absolute atomic E-state index is 13.8. The molecule has 0 bridgehead atoms. The highest BCUT2D eigenvalue weighted by Crippen LogP contribution is 2.31. The minimum Gasteiger partial charge on any atom is -0.396 e. The van der Waals surface area contributed by atoms with E-state index in [1.807, 2.05) is 12.1 Å². The Hall–Kier alpha value is -1.15. The highest BCUT2D eigenvalue weighted by atomic mass is 19.1. The summed E-state index contributed by atoms with van der Waals surface area (Å²) in [6.07, 6.45) is 5.71. The predicted molar refractivity (Wildman–Crippen MR) is 68.2 cm³/mol. The molecule has 2 rings (SSSR count). The van der Waals surface area contributed by atoms with E-state index >= 15 is 0 Å². The van der Waals surface area contributed by atoms with Crippen LogP contribution in [-0.4, -0.2) is 11.7 Å². The molecule has 0 amide bonds. The van der Waals surface area contributed by atoms with Crippen LogP contribution in [0.5, 0.6) is 0 Å². The third-order valence-electron chi connectivity index (χ3n) is 3.56. The average Bonchev–Trinajstić information content (AvgIpc) is 2.39. The molecule has 1 aliphatic carbocycles. The number of hydrogen-bond acceptors (Lipinski definition) is 1. The Kier molecular flexibility index (Phi) is 3.95. The highest BCUT2D eigenvalue weighted by Gasteiger charge is 2.16. The fourth-order valence-corrected chi connectivity index (χ4v) is 2.34. The zero-order valence-electron chi connectivity index (χ0n) is 10.2. The smallest absolute Gasteiger partial charge is 0.130 e. The van der Waals surface area contributed by atoms with Crippen LogP contribution < -0.4 is 0 Å². The molecule has 0 saturated carbocycles. The number of benzene rings is 1. The van der Waals surface area contributed by atoms with Gasteiger partial charge in [0.1, 0.15) is 5.82 Å². The second-order valence-corrected chi connectivity index (χ2v) is 4.72. The van der Waals surface area contributed by atoms with Crippen LogP contribution in [0.25, 0.3) is 5.57 Å². The summed E-state index contributed by atoms with van der Waals surface area (Å²) in [6.45, 7) is 2.31. The third kappa shape index (κ3) is 2.75. The molecule has 1 unspecified atom stereocenters. The summed E-state index contributed by atoms with van der Waals surface area (Å²) in [4.78, 5) is 0. The minimum absolute atomic E-state index is 0.129. The molecular formula is C15H19FO. The van der Waals surface area contributed by atoms with Gasteiger partial charge in [0.05, 0.1) is 0 Å². The Labute approximate surface area is 102 Å². The van der Waals surface area contributed by atoms with Crippen LogP contribution in [0.1, 0.15) is 37.3 Å². The third-order valence-corrected chi connectivity index (χ3v) is 3.56. The Morgan fingerprint density at radius 1 is 1.41 bits per heavy atom. The van der Waals surface area contributed by atoms with Crippen LogP contribution in [-0.2, 0) is 6.42 Å². The molecule has 2 heteroatoms. The number of hydrogen-bond donors (Lipinski definition) is 1. The number of aliphatic hydroxyl groups is 1. The highest BCUT2D eigenvalue weighted by molar-refractivity contribution is 5.67. The molecule has 1 atom stereocenters. The van der Waals surface area contributed by atoms with E-state index in [4.69, 9.17) is 5.11 Å². The quantitative estimate of drug-likeness (QED) is 0.847. The maximum Gasteiger partial charge on any atom is 0.130 e. The van der Waals surface area contributed by atoms with Gasteiger partial charge in [-0.05, 0) is 54.9 Å². The Morgan fingerprint density at radius 2 is 2.24 bits per heavy atom. The maximum atomic E-state index is 13.8. The molecule has 0 heterocycles. The van der Waals surface area contributed by atoms with Crippen LogP contribution in [0.2, 0.25) is 0 Å². The molecule has 1 aliphatic rings. The largest absolute Gasteiger partial charge is 0.396 e. The van der Waals surface area contributed by atoms with E-state index in [9.17, 15) is 4.39 Å². The van der Waals surface area contributed by atoms with Gasteiger partial charge in [-0.15, -0.1) is 0 Å². The number of rotatable bonds is 3. The minimum atomic E-state index is -0.129. The van der Waals surface area contributed by atoms with Crippen molar-refractivity contribution < 1.29 is 9.50 Å². The molecule has 0 spiro atoms.